The fraction of sp³-hybridized carbons (Fsp3) is 0.278. The van der Waals surface area contributed by atoms with E-state index in [1.807, 2.05) is 42.2 Å². The van der Waals surface area contributed by atoms with Gasteiger partial charge in [-0.25, -0.2) is 0 Å². The van der Waals surface area contributed by atoms with Gasteiger partial charge in [-0.2, -0.15) is 0 Å². The second-order valence-corrected chi connectivity index (χ2v) is 5.66. The molecule has 0 unspecified atom stereocenters. The average Bonchev–Trinajstić information content (AvgIpc) is 2.54. The number of rotatable bonds is 3. The number of benzene rings is 2. The molecule has 1 aliphatic rings. The van der Waals surface area contributed by atoms with Crippen LogP contribution in [0.25, 0.3) is 0 Å². The van der Waals surface area contributed by atoms with Crippen LogP contribution in [0.15, 0.2) is 48.5 Å². The first-order valence-corrected chi connectivity index (χ1v) is 7.59. The third-order valence-electron chi connectivity index (χ3n) is 4.21. The highest BCUT2D eigenvalue weighted by molar-refractivity contribution is 6.01. The van der Waals surface area contributed by atoms with Gasteiger partial charge in [-0.15, -0.1) is 0 Å². The largest absolute Gasteiger partial charge is 0.508 e. The minimum atomic E-state index is -0.274. The molecule has 3 rings (SSSR count). The molecule has 0 spiro atoms. The Balaban J connectivity index is 2.09. The molecular formula is C18H20N2O2. The van der Waals surface area contributed by atoms with Gasteiger partial charge < -0.3 is 15.3 Å². The quantitative estimate of drug-likeness (QED) is 0.906. The number of carbonyl (C=O) groups is 1. The Bertz CT molecular complexity index is 699. The van der Waals surface area contributed by atoms with Crippen molar-refractivity contribution in [3.05, 3.63) is 59.7 Å². The minimum absolute atomic E-state index is 0.0250. The van der Waals surface area contributed by atoms with Crippen molar-refractivity contribution < 1.29 is 9.90 Å². The Morgan fingerprint density at radius 1 is 1.23 bits per heavy atom. The maximum atomic E-state index is 12.9. The predicted molar refractivity (Wildman–Crippen MR) is 86.8 cm³/mol. The molecule has 114 valence electrons. The topological polar surface area (TPSA) is 52.6 Å². The van der Waals surface area contributed by atoms with E-state index in [1.165, 1.54) is 0 Å². The van der Waals surface area contributed by atoms with Crippen LogP contribution in [0.3, 0.4) is 0 Å². The molecule has 0 aromatic heterocycles. The van der Waals surface area contributed by atoms with E-state index in [2.05, 4.69) is 12.2 Å². The van der Waals surface area contributed by atoms with E-state index < -0.39 is 0 Å². The number of hydrogen-bond donors (Lipinski definition) is 2. The summed E-state index contributed by atoms with van der Waals surface area (Å²) < 4.78 is 0. The van der Waals surface area contributed by atoms with Crippen molar-refractivity contribution in [1.82, 2.24) is 4.90 Å². The summed E-state index contributed by atoms with van der Waals surface area (Å²) in [4.78, 5) is 14.8. The van der Waals surface area contributed by atoms with E-state index in [9.17, 15) is 9.90 Å². The van der Waals surface area contributed by atoms with Gasteiger partial charge in [0.05, 0.1) is 5.56 Å². The first kappa shape index (κ1) is 14.4. The number of phenols is 1. The fourth-order valence-electron chi connectivity index (χ4n) is 2.86. The lowest BCUT2D eigenvalue weighted by atomic mass is 10.0. The molecule has 1 aliphatic heterocycles. The molecule has 0 radical (unpaired) electrons. The Hall–Kier alpha value is -2.49. The van der Waals surface area contributed by atoms with E-state index in [4.69, 9.17) is 0 Å². The van der Waals surface area contributed by atoms with Crippen molar-refractivity contribution >= 4 is 11.6 Å². The van der Waals surface area contributed by atoms with E-state index >= 15 is 0 Å². The molecule has 0 aliphatic carbocycles. The van der Waals surface area contributed by atoms with Crippen LogP contribution in [0.1, 0.15) is 42.4 Å². The summed E-state index contributed by atoms with van der Waals surface area (Å²) in [7, 11) is 0. The van der Waals surface area contributed by atoms with Crippen molar-refractivity contribution in [3.63, 3.8) is 0 Å². The summed E-state index contributed by atoms with van der Waals surface area (Å²) in [5.41, 5.74) is 2.41. The van der Waals surface area contributed by atoms with Crippen LogP contribution in [0.2, 0.25) is 0 Å². The Morgan fingerprint density at radius 3 is 2.73 bits per heavy atom. The Kier molecular flexibility index (Phi) is 3.75. The smallest absolute Gasteiger partial charge is 0.258 e. The van der Waals surface area contributed by atoms with Gasteiger partial charge >= 0.3 is 0 Å². The van der Waals surface area contributed by atoms with Gasteiger partial charge in [0.2, 0.25) is 0 Å². The van der Waals surface area contributed by atoms with Gasteiger partial charge in [0.25, 0.3) is 5.91 Å². The number of aromatic hydroxyl groups is 1. The highest BCUT2D eigenvalue weighted by atomic mass is 16.3. The highest BCUT2D eigenvalue weighted by Gasteiger charge is 2.35. The van der Waals surface area contributed by atoms with Gasteiger partial charge in [0, 0.05) is 11.7 Å². The monoisotopic (exact) mass is 296 g/mol. The summed E-state index contributed by atoms with van der Waals surface area (Å²) >= 11 is 0. The van der Waals surface area contributed by atoms with E-state index in [0.29, 0.717) is 5.56 Å². The number of amides is 1. The van der Waals surface area contributed by atoms with Crippen molar-refractivity contribution in [3.8, 4) is 5.75 Å². The first-order chi connectivity index (χ1) is 10.6. The first-order valence-electron chi connectivity index (χ1n) is 7.59. The molecule has 0 bridgehead atoms. The van der Waals surface area contributed by atoms with Gasteiger partial charge in [0.15, 0.2) is 0 Å². The van der Waals surface area contributed by atoms with Crippen LogP contribution in [0, 0.1) is 0 Å². The van der Waals surface area contributed by atoms with E-state index in [-0.39, 0.29) is 23.9 Å². The SMILES string of the molecule is CC[C@H](C)N1C(=O)c2ccccc2N[C@@H]1c1cccc(O)c1. The normalized spacial score (nSPS) is 18.5. The van der Waals surface area contributed by atoms with Crippen LogP contribution >= 0.6 is 0 Å². The average molecular weight is 296 g/mol. The Morgan fingerprint density at radius 2 is 2.00 bits per heavy atom. The van der Waals surface area contributed by atoms with Crippen LogP contribution < -0.4 is 5.32 Å². The van der Waals surface area contributed by atoms with E-state index in [0.717, 1.165) is 17.7 Å². The lowest BCUT2D eigenvalue weighted by Crippen LogP contribution is -2.47. The van der Waals surface area contributed by atoms with Gasteiger partial charge in [-0.3, -0.25) is 4.79 Å². The standard InChI is InChI=1S/C18H20N2O2/c1-3-12(2)20-17(13-7-6-8-14(21)11-13)19-16-10-5-4-9-15(16)18(20)22/h4-12,17,19,21H,3H2,1-2H3/t12-,17-/m0/s1. The van der Waals surface area contributed by atoms with Crippen molar-refractivity contribution in [1.29, 1.82) is 0 Å². The lowest BCUT2D eigenvalue weighted by Gasteiger charge is -2.41. The van der Waals surface area contributed by atoms with Crippen molar-refractivity contribution in [2.24, 2.45) is 0 Å². The zero-order chi connectivity index (χ0) is 15.7. The fourth-order valence-corrected chi connectivity index (χ4v) is 2.86. The summed E-state index contributed by atoms with van der Waals surface area (Å²) in [6.07, 6.45) is 0.592. The number of anilines is 1. The summed E-state index contributed by atoms with van der Waals surface area (Å²) in [6.45, 7) is 4.11. The molecule has 1 amide bonds. The number of nitrogens with one attached hydrogen (secondary N) is 1. The molecule has 4 heteroatoms. The summed E-state index contributed by atoms with van der Waals surface area (Å²) in [6, 6.07) is 14.7. The van der Waals surface area contributed by atoms with Crippen molar-refractivity contribution in [2.45, 2.75) is 32.5 Å². The van der Waals surface area contributed by atoms with Gasteiger partial charge in [-0.1, -0.05) is 31.2 Å². The number of hydrogen-bond acceptors (Lipinski definition) is 3. The Labute approximate surface area is 130 Å². The predicted octanol–water partition coefficient (Wildman–Crippen LogP) is 3.76. The maximum absolute atomic E-state index is 12.9. The molecule has 22 heavy (non-hydrogen) atoms. The minimum Gasteiger partial charge on any atom is -0.508 e. The molecule has 0 saturated carbocycles. The zero-order valence-corrected chi connectivity index (χ0v) is 12.8. The molecule has 2 aromatic rings. The summed E-state index contributed by atoms with van der Waals surface area (Å²) in [5.74, 6) is 0.228. The zero-order valence-electron chi connectivity index (χ0n) is 12.8. The number of fused-ring (bicyclic) bond motifs is 1. The number of carbonyl (C=O) groups excluding carboxylic acids is 1. The molecule has 2 aromatic carbocycles. The van der Waals surface area contributed by atoms with E-state index in [1.54, 1.807) is 18.2 Å². The molecule has 1 heterocycles. The van der Waals surface area contributed by atoms with Crippen molar-refractivity contribution in [2.75, 3.05) is 5.32 Å². The molecule has 0 fully saturated rings. The molecule has 0 saturated heterocycles. The second kappa shape index (κ2) is 5.72. The second-order valence-electron chi connectivity index (χ2n) is 5.66. The third-order valence-corrected chi connectivity index (χ3v) is 4.21. The summed E-state index contributed by atoms with van der Waals surface area (Å²) in [5, 5.41) is 13.2. The maximum Gasteiger partial charge on any atom is 0.258 e. The number of phenolic OH excluding ortho intramolecular Hbond substituents is 1. The van der Waals surface area contributed by atoms with Gasteiger partial charge in [0.1, 0.15) is 11.9 Å². The van der Waals surface area contributed by atoms with Crippen LogP contribution in [-0.2, 0) is 0 Å². The molecular weight excluding hydrogens is 276 g/mol. The van der Waals surface area contributed by atoms with Crippen LogP contribution in [-0.4, -0.2) is 22.0 Å². The third kappa shape index (κ3) is 2.41. The number of nitrogens with zero attached hydrogens (tertiary/aromatic N) is 1. The molecule has 4 nitrogen and oxygen atoms in total. The molecule has 2 atom stereocenters. The lowest BCUT2D eigenvalue weighted by molar-refractivity contribution is 0.0593. The van der Waals surface area contributed by atoms with Crippen LogP contribution in [0.4, 0.5) is 5.69 Å². The molecule has 2 N–H and O–H groups in total. The number of para-hydroxylation sites is 1. The van der Waals surface area contributed by atoms with Crippen LogP contribution in [0.5, 0.6) is 5.75 Å². The highest BCUT2D eigenvalue weighted by Crippen LogP contribution is 2.35. The van der Waals surface area contributed by atoms with Gasteiger partial charge in [-0.05, 0) is 43.2 Å².